The maximum absolute atomic E-state index is 10.1. The predicted molar refractivity (Wildman–Crippen MR) is 74.2 cm³/mol. The van der Waals surface area contributed by atoms with Crippen LogP contribution in [0.5, 0.6) is 11.5 Å². The van der Waals surface area contributed by atoms with E-state index in [1.165, 1.54) is 18.6 Å². The number of hydrogen-bond acceptors (Lipinski definition) is 4. The van der Waals surface area contributed by atoms with E-state index in [4.69, 9.17) is 0 Å². The molecule has 1 saturated carbocycles. The lowest BCUT2D eigenvalue weighted by atomic mass is 10.0. The van der Waals surface area contributed by atoms with E-state index in [-0.39, 0.29) is 29.7 Å². The van der Waals surface area contributed by atoms with Gasteiger partial charge in [-0.2, -0.15) is 0 Å². The SMILES string of the molecule is CC(NC1CCCCCC1O)c1cc(O)ccc1O. The van der Waals surface area contributed by atoms with Gasteiger partial charge in [0, 0.05) is 17.6 Å². The second-order valence-electron chi connectivity index (χ2n) is 5.44. The van der Waals surface area contributed by atoms with Gasteiger partial charge in [0.05, 0.1) is 6.10 Å². The number of rotatable bonds is 3. The molecule has 106 valence electrons. The predicted octanol–water partition coefficient (Wildman–Crippen LogP) is 2.44. The van der Waals surface area contributed by atoms with Crippen LogP contribution in [0.2, 0.25) is 0 Å². The van der Waals surface area contributed by atoms with Crippen molar-refractivity contribution in [1.29, 1.82) is 0 Å². The Labute approximate surface area is 114 Å². The highest BCUT2D eigenvalue weighted by Gasteiger charge is 2.24. The van der Waals surface area contributed by atoms with E-state index in [9.17, 15) is 15.3 Å². The van der Waals surface area contributed by atoms with Gasteiger partial charge in [0.2, 0.25) is 0 Å². The average molecular weight is 265 g/mol. The minimum absolute atomic E-state index is 0.0549. The van der Waals surface area contributed by atoms with Crippen molar-refractivity contribution in [3.8, 4) is 11.5 Å². The first-order valence-electron chi connectivity index (χ1n) is 7.04. The van der Waals surface area contributed by atoms with Gasteiger partial charge < -0.3 is 20.6 Å². The molecule has 1 aromatic carbocycles. The molecule has 3 unspecified atom stereocenters. The fourth-order valence-electron chi connectivity index (χ4n) is 2.78. The molecule has 0 heterocycles. The van der Waals surface area contributed by atoms with Gasteiger partial charge in [-0.05, 0) is 38.0 Å². The van der Waals surface area contributed by atoms with Crippen LogP contribution in [0.25, 0.3) is 0 Å². The van der Waals surface area contributed by atoms with Crippen LogP contribution < -0.4 is 5.32 Å². The Balaban J connectivity index is 2.06. The Morgan fingerprint density at radius 2 is 1.89 bits per heavy atom. The largest absolute Gasteiger partial charge is 0.508 e. The minimum Gasteiger partial charge on any atom is -0.508 e. The molecule has 19 heavy (non-hydrogen) atoms. The number of benzene rings is 1. The van der Waals surface area contributed by atoms with Gasteiger partial charge in [-0.1, -0.05) is 19.3 Å². The zero-order valence-electron chi connectivity index (χ0n) is 11.3. The van der Waals surface area contributed by atoms with Gasteiger partial charge in [0.15, 0.2) is 0 Å². The summed E-state index contributed by atoms with van der Waals surface area (Å²) in [6.45, 7) is 1.94. The third-order valence-electron chi connectivity index (χ3n) is 3.92. The first-order valence-corrected chi connectivity index (χ1v) is 7.04. The van der Waals surface area contributed by atoms with Crippen molar-refractivity contribution in [1.82, 2.24) is 5.32 Å². The van der Waals surface area contributed by atoms with Crippen LogP contribution in [-0.4, -0.2) is 27.5 Å². The van der Waals surface area contributed by atoms with Crippen molar-refractivity contribution in [2.75, 3.05) is 0 Å². The summed E-state index contributed by atoms with van der Waals surface area (Å²) < 4.78 is 0. The van der Waals surface area contributed by atoms with E-state index in [0.717, 1.165) is 25.7 Å². The first kappa shape index (κ1) is 14.2. The molecule has 1 aliphatic carbocycles. The first-order chi connectivity index (χ1) is 9.08. The summed E-state index contributed by atoms with van der Waals surface area (Å²) in [6, 6.07) is 4.47. The Bertz CT molecular complexity index is 422. The van der Waals surface area contributed by atoms with E-state index in [1.807, 2.05) is 6.92 Å². The topological polar surface area (TPSA) is 72.7 Å². The molecular weight excluding hydrogens is 242 g/mol. The molecule has 0 amide bonds. The number of nitrogens with one attached hydrogen (secondary N) is 1. The number of aliphatic hydroxyl groups excluding tert-OH is 1. The minimum atomic E-state index is -0.329. The van der Waals surface area contributed by atoms with Gasteiger partial charge in [-0.3, -0.25) is 0 Å². The Morgan fingerprint density at radius 3 is 2.68 bits per heavy atom. The molecule has 0 spiro atoms. The Kier molecular flexibility index (Phi) is 4.66. The van der Waals surface area contributed by atoms with Crippen LogP contribution >= 0.6 is 0 Å². The summed E-state index contributed by atoms with van der Waals surface area (Å²) in [5.74, 6) is 0.309. The molecule has 4 heteroatoms. The summed E-state index contributed by atoms with van der Waals surface area (Å²) in [4.78, 5) is 0. The molecule has 0 bridgehead atoms. The van der Waals surface area contributed by atoms with Crippen LogP contribution in [0, 0.1) is 0 Å². The lowest BCUT2D eigenvalue weighted by Crippen LogP contribution is -2.40. The summed E-state index contributed by atoms with van der Waals surface area (Å²) in [5.41, 5.74) is 0.663. The Hall–Kier alpha value is -1.26. The molecule has 1 fully saturated rings. The Morgan fingerprint density at radius 1 is 1.16 bits per heavy atom. The van der Waals surface area contributed by atoms with Crippen LogP contribution in [0.3, 0.4) is 0 Å². The van der Waals surface area contributed by atoms with Gasteiger partial charge >= 0.3 is 0 Å². The second kappa shape index (κ2) is 6.26. The maximum Gasteiger partial charge on any atom is 0.120 e. The van der Waals surface area contributed by atoms with Crippen molar-refractivity contribution in [2.24, 2.45) is 0 Å². The van der Waals surface area contributed by atoms with Gasteiger partial charge in [-0.25, -0.2) is 0 Å². The highest BCUT2D eigenvalue weighted by Crippen LogP contribution is 2.29. The van der Waals surface area contributed by atoms with Crippen LogP contribution in [0.15, 0.2) is 18.2 Å². The van der Waals surface area contributed by atoms with Gasteiger partial charge in [0.1, 0.15) is 11.5 Å². The standard InChI is InChI=1S/C15H23NO3/c1-10(12-9-11(17)7-8-14(12)18)16-13-5-3-2-4-6-15(13)19/h7-10,13,15-19H,2-6H2,1H3. The number of hydrogen-bond donors (Lipinski definition) is 4. The molecule has 4 nitrogen and oxygen atoms in total. The molecule has 2 rings (SSSR count). The molecular formula is C15H23NO3. The third-order valence-corrected chi connectivity index (χ3v) is 3.92. The van der Waals surface area contributed by atoms with Crippen LogP contribution in [0.4, 0.5) is 0 Å². The van der Waals surface area contributed by atoms with E-state index in [0.29, 0.717) is 5.56 Å². The van der Waals surface area contributed by atoms with Crippen molar-refractivity contribution in [3.05, 3.63) is 23.8 Å². The summed E-state index contributed by atoms with van der Waals surface area (Å²) >= 11 is 0. The fourth-order valence-corrected chi connectivity index (χ4v) is 2.78. The molecule has 1 aliphatic rings. The van der Waals surface area contributed by atoms with Gasteiger partial charge in [0.25, 0.3) is 0 Å². The van der Waals surface area contributed by atoms with E-state index < -0.39 is 0 Å². The van der Waals surface area contributed by atoms with Crippen LogP contribution in [-0.2, 0) is 0 Å². The van der Waals surface area contributed by atoms with E-state index in [2.05, 4.69) is 5.32 Å². The number of aromatic hydroxyl groups is 2. The van der Waals surface area contributed by atoms with Gasteiger partial charge in [-0.15, -0.1) is 0 Å². The zero-order chi connectivity index (χ0) is 13.8. The molecule has 3 atom stereocenters. The lowest BCUT2D eigenvalue weighted by molar-refractivity contribution is 0.114. The van der Waals surface area contributed by atoms with Crippen molar-refractivity contribution >= 4 is 0 Å². The molecule has 0 radical (unpaired) electrons. The number of phenolic OH excluding ortho intramolecular Hbond substituents is 2. The monoisotopic (exact) mass is 265 g/mol. The maximum atomic E-state index is 10.1. The lowest BCUT2D eigenvalue weighted by Gasteiger charge is -2.26. The normalized spacial score (nSPS) is 25.8. The summed E-state index contributed by atoms with van der Waals surface area (Å²) in [7, 11) is 0. The highest BCUT2D eigenvalue weighted by molar-refractivity contribution is 5.40. The summed E-state index contributed by atoms with van der Waals surface area (Å²) in [5, 5.41) is 32.8. The highest BCUT2D eigenvalue weighted by atomic mass is 16.3. The fraction of sp³-hybridized carbons (Fsp3) is 0.600. The average Bonchev–Trinajstić information content (AvgIpc) is 2.58. The van der Waals surface area contributed by atoms with Crippen molar-refractivity contribution in [3.63, 3.8) is 0 Å². The van der Waals surface area contributed by atoms with Crippen LogP contribution in [0.1, 0.15) is 50.6 Å². The molecule has 0 saturated heterocycles. The molecule has 0 aliphatic heterocycles. The zero-order valence-corrected chi connectivity index (χ0v) is 11.3. The second-order valence-corrected chi connectivity index (χ2v) is 5.44. The quantitative estimate of drug-likeness (QED) is 0.500. The van der Waals surface area contributed by atoms with Crippen molar-refractivity contribution in [2.45, 2.75) is 57.2 Å². The number of phenols is 2. The summed E-state index contributed by atoms with van der Waals surface area (Å²) in [6.07, 6.45) is 4.81. The van der Waals surface area contributed by atoms with E-state index >= 15 is 0 Å². The molecule has 1 aromatic rings. The molecule has 4 N–H and O–H groups in total. The van der Waals surface area contributed by atoms with Crippen molar-refractivity contribution < 1.29 is 15.3 Å². The smallest absolute Gasteiger partial charge is 0.120 e. The van der Waals surface area contributed by atoms with E-state index in [1.54, 1.807) is 6.07 Å². The number of aliphatic hydroxyl groups is 1. The third kappa shape index (κ3) is 3.61. The molecule has 0 aromatic heterocycles.